The normalized spacial score (nSPS) is 26.7. The van der Waals surface area contributed by atoms with E-state index in [9.17, 15) is 19.5 Å². The van der Waals surface area contributed by atoms with Crippen LogP contribution in [-0.4, -0.2) is 116 Å². The van der Waals surface area contributed by atoms with Crippen LogP contribution >= 0.6 is 31.9 Å². The lowest BCUT2D eigenvalue weighted by Crippen LogP contribution is -2.77. The van der Waals surface area contributed by atoms with Gasteiger partial charge in [-0.15, -0.1) is 0 Å². The number of hydrogen-bond acceptors (Lipinski definition) is 7. The predicted molar refractivity (Wildman–Crippen MR) is 192 cm³/mol. The molecule has 0 bridgehead atoms. The van der Waals surface area contributed by atoms with Gasteiger partial charge in [0.1, 0.15) is 12.8 Å². The summed E-state index contributed by atoms with van der Waals surface area (Å²) in [6.07, 6.45) is 4.35. The van der Waals surface area contributed by atoms with Crippen LogP contribution in [-0.2, 0) is 11.3 Å². The number of pyridine rings is 1. The summed E-state index contributed by atoms with van der Waals surface area (Å²) >= 11 is 7.16. The summed E-state index contributed by atoms with van der Waals surface area (Å²) in [5.74, 6) is 0. The number of hydrogen-bond donors (Lipinski definition) is 2. The fourth-order valence-corrected chi connectivity index (χ4v) is 9.48. The van der Waals surface area contributed by atoms with Gasteiger partial charge in [-0.3, -0.25) is 19.4 Å². The first kappa shape index (κ1) is 33.6. The van der Waals surface area contributed by atoms with Crippen LogP contribution in [0.2, 0.25) is 0 Å². The first-order chi connectivity index (χ1) is 23.2. The smallest absolute Gasteiger partial charge is 0.435 e. The molecule has 0 spiro atoms. The van der Waals surface area contributed by atoms with E-state index in [0.717, 1.165) is 76.2 Å². The van der Waals surface area contributed by atoms with E-state index in [2.05, 4.69) is 63.6 Å². The van der Waals surface area contributed by atoms with Crippen LogP contribution in [0.4, 0.5) is 4.79 Å². The highest BCUT2D eigenvalue weighted by molar-refractivity contribution is 9.13. The Kier molecular flexibility index (Phi) is 9.37. The molecule has 3 atom stereocenters. The number of carbonyl (C=O) groups excluding carboxylic acids is 1. The van der Waals surface area contributed by atoms with Gasteiger partial charge in [0.2, 0.25) is 0 Å². The van der Waals surface area contributed by atoms with Gasteiger partial charge in [0.15, 0.2) is 5.66 Å². The number of fused-ring (bicyclic) bond motifs is 3. The molecule has 1 amide bonds. The summed E-state index contributed by atoms with van der Waals surface area (Å²) in [7, 11) is 2.16. The van der Waals surface area contributed by atoms with Crippen molar-refractivity contribution in [3.8, 4) is 0 Å². The molecule has 48 heavy (non-hydrogen) atoms. The van der Waals surface area contributed by atoms with Crippen LogP contribution < -0.4 is 5.69 Å². The number of rotatable bonds is 7. The number of para-hydroxylation sites is 1. The van der Waals surface area contributed by atoms with Crippen molar-refractivity contribution in [3.05, 3.63) is 73.7 Å². The maximum atomic E-state index is 13.8. The van der Waals surface area contributed by atoms with Gasteiger partial charge in [-0.25, -0.2) is 9.28 Å². The molecular weight excluding hydrogens is 742 g/mol. The van der Waals surface area contributed by atoms with Gasteiger partial charge in [-0.05, 0) is 69.9 Å². The second-order valence-corrected chi connectivity index (χ2v) is 15.5. The fourth-order valence-electron chi connectivity index (χ4n) is 8.81. The van der Waals surface area contributed by atoms with E-state index in [1.807, 2.05) is 42.5 Å². The average Bonchev–Trinajstić information content (AvgIpc) is 3.44. The molecular formula is C35H42Br2N7O4+. The molecule has 3 aliphatic rings. The van der Waals surface area contributed by atoms with Crippen LogP contribution in [0, 0.1) is 0 Å². The van der Waals surface area contributed by atoms with Gasteiger partial charge in [0.25, 0.3) is 0 Å². The van der Waals surface area contributed by atoms with Gasteiger partial charge in [-0.1, -0.05) is 24.3 Å². The number of aromatic nitrogens is 3. The van der Waals surface area contributed by atoms with Gasteiger partial charge in [-0.2, -0.15) is 4.79 Å². The average molecular weight is 785 g/mol. The van der Waals surface area contributed by atoms with Crippen molar-refractivity contribution in [2.75, 3.05) is 52.9 Å². The third kappa shape index (κ3) is 5.75. The van der Waals surface area contributed by atoms with E-state index < -0.39 is 11.8 Å². The van der Waals surface area contributed by atoms with Crippen molar-refractivity contribution in [1.82, 2.24) is 29.2 Å². The molecule has 2 aromatic heterocycles. The van der Waals surface area contributed by atoms with Crippen molar-refractivity contribution in [3.63, 3.8) is 0 Å². The number of aromatic amines is 1. The Balaban J connectivity index is 1.31. The Morgan fingerprint density at radius 2 is 1.79 bits per heavy atom. The first-order valence-corrected chi connectivity index (χ1v) is 18.4. The van der Waals surface area contributed by atoms with Gasteiger partial charge >= 0.3 is 11.8 Å². The van der Waals surface area contributed by atoms with Crippen molar-refractivity contribution < 1.29 is 19.2 Å². The first-order valence-electron chi connectivity index (χ1n) is 16.8. The number of H-pyrrole nitrogens is 1. The molecule has 7 rings (SSSR count). The number of carbonyl (C=O) groups is 2. The number of piperidine rings is 2. The zero-order valence-corrected chi connectivity index (χ0v) is 30.3. The number of likely N-dealkylation sites (N-methyl/N-ethyl adjacent to an activating group) is 1. The second kappa shape index (κ2) is 13.4. The molecule has 11 nitrogen and oxygen atoms in total. The summed E-state index contributed by atoms with van der Waals surface area (Å²) in [4.78, 5) is 55.4. The van der Waals surface area contributed by atoms with E-state index in [1.54, 1.807) is 10.8 Å². The Bertz CT molecular complexity index is 1900. The van der Waals surface area contributed by atoms with Gasteiger partial charge in [0, 0.05) is 78.0 Å². The fraction of sp³-hybridized carbons (Fsp3) is 0.486. The van der Waals surface area contributed by atoms with Gasteiger partial charge < -0.3 is 19.8 Å². The highest BCUT2D eigenvalue weighted by atomic mass is 79.9. The largest absolute Gasteiger partial charge is 0.515 e. The summed E-state index contributed by atoms with van der Waals surface area (Å²) in [5.41, 5.74) is 1.77. The molecule has 4 aromatic rings. The molecule has 0 saturated carbocycles. The Morgan fingerprint density at radius 3 is 2.50 bits per heavy atom. The number of imidazole rings is 1. The lowest BCUT2D eigenvalue weighted by atomic mass is 9.82. The van der Waals surface area contributed by atoms with Gasteiger partial charge in [0.05, 0.1) is 41.8 Å². The SMILES string of the molecule is CN1CCN(C2CCN(C3(CC=O)CC(n4c(=O)[nH]c5c6ccccc6ncc54)CC[N@+]3(Cc3ccc(Br)c(Br)c3)C(=O)O)CC2)CC1. The molecule has 3 fully saturated rings. The number of piperazine rings is 1. The summed E-state index contributed by atoms with van der Waals surface area (Å²) in [6, 6.07) is 13.7. The topological polar surface area (TPSA) is 115 Å². The number of nitrogens with one attached hydrogen (secondary N) is 1. The lowest BCUT2D eigenvalue weighted by Gasteiger charge is -2.59. The standard InChI is InChI=1S/C35H41Br2N7O4/c1-40-14-16-41(17-15-40)25-8-12-42(13-9-25)35(11-19-45)21-26(10-18-44(35,34(47)48)23-24-6-7-28(36)29(37)20-24)43-31-22-38-30-5-3-2-4-27(30)32(31)39-33(43)46/h2-7,19-20,22,25-26H,8-18,21,23H2,1H3,(H-,38,39,46,47,48)/p+1/t26?,35?,44-/m0/s1. The Morgan fingerprint density at radius 1 is 1.04 bits per heavy atom. The van der Waals surface area contributed by atoms with Crippen LogP contribution in [0.5, 0.6) is 0 Å². The number of nitrogens with zero attached hydrogens (tertiary/aromatic N) is 6. The number of carboxylic acid groups (broad SMARTS) is 1. The number of benzene rings is 2. The van der Waals surface area contributed by atoms with Crippen LogP contribution in [0.15, 0.2) is 62.4 Å². The van der Waals surface area contributed by atoms with Crippen LogP contribution in [0.3, 0.4) is 0 Å². The predicted octanol–water partition coefficient (Wildman–Crippen LogP) is 5.43. The number of aldehydes is 1. The maximum absolute atomic E-state index is 13.8. The lowest BCUT2D eigenvalue weighted by molar-refractivity contribution is -0.942. The molecule has 5 heterocycles. The van der Waals surface area contributed by atoms with E-state index in [-0.39, 0.29) is 35.7 Å². The molecule has 2 unspecified atom stereocenters. The molecule has 3 aliphatic heterocycles. The monoisotopic (exact) mass is 782 g/mol. The molecule has 2 aromatic carbocycles. The van der Waals surface area contributed by atoms with E-state index in [4.69, 9.17) is 0 Å². The van der Waals surface area contributed by atoms with Crippen LogP contribution in [0.1, 0.15) is 43.7 Å². The minimum absolute atomic E-state index is 0.0466. The Hall–Kier alpha value is -2.94. The number of amides is 1. The van der Waals surface area contributed by atoms with Crippen LogP contribution in [0.25, 0.3) is 21.9 Å². The quantitative estimate of drug-likeness (QED) is 0.189. The summed E-state index contributed by atoms with van der Waals surface area (Å²) in [6.45, 7) is 6.00. The molecule has 13 heteroatoms. The highest BCUT2D eigenvalue weighted by Gasteiger charge is 2.63. The number of halogens is 2. The third-order valence-electron chi connectivity index (χ3n) is 11.4. The minimum Gasteiger partial charge on any atom is -0.435 e. The highest BCUT2D eigenvalue weighted by Crippen LogP contribution is 2.48. The third-order valence-corrected chi connectivity index (χ3v) is 13.2. The van der Waals surface area contributed by atoms with Crippen molar-refractivity contribution in [1.29, 1.82) is 0 Å². The Labute approximate surface area is 296 Å². The molecule has 3 saturated heterocycles. The number of likely N-dealkylation sites (tertiary alicyclic amines) is 2. The molecule has 0 aliphatic carbocycles. The number of quaternary nitrogens is 1. The second-order valence-electron chi connectivity index (χ2n) is 13.8. The summed E-state index contributed by atoms with van der Waals surface area (Å²) < 4.78 is 3.21. The van der Waals surface area contributed by atoms with E-state index in [0.29, 0.717) is 37.5 Å². The zero-order valence-electron chi connectivity index (χ0n) is 27.2. The van der Waals surface area contributed by atoms with Crippen molar-refractivity contribution in [2.24, 2.45) is 0 Å². The zero-order chi connectivity index (χ0) is 33.6. The molecule has 0 radical (unpaired) electrons. The minimum atomic E-state index is -1.07. The molecule has 2 N–H and O–H groups in total. The maximum Gasteiger partial charge on any atom is 0.515 e. The summed E-state index contributed by atoms with van der Waals surface area (Å²) in [5, 5.41) is 12.2. The molecule has 254 valence electrons. The van der Waals surface area contributed by atoms with E-state index in [1.165, 1.54) is 0 Å². The van der Waals surface area contributed by atoms with Crippen molar-refractivity contribution >= 4 is 66.2 Å². The van der Waals surface area contributed by atoms with Crippen molar-refractivity contribution in [2.45, 2.75) is 56.4 Å². The van der Waals surface area contributed by atoms with E-state index >= 15 is 0 Å².